The average Bonchev–Trinajstić information content (AvgIpc) is 2.74. The summed E-state index contributed by atoms with van der Waals surface area (Å²) < 4.78 is 19.7. The van der Waals surface area contributed by atoms with E-state index in [2.05, 4.69) is 26.9 Å². The summed E-state index contributed by atoms with van der Waals surface area (Å²) in [7, 11) is 0. The smallest absolute Gasteiger partial charge is 0.327 e. The van der Waals surface area contributed by atoms with Gasteiger partial charge < -0.3 is 4.74 Å². The molecule has 2 aromatic rings. The first-order valence-electron chi connectivity index (χ1n) is 9.60. The van der Waals surface area contributed by atoms with Crippen LogP contribution in [0.2, 0.25) is 0 Å². The number of aromatic nitrogens is 2. The summed E-state index contributed by atoms with van der Waals surface area (Å²) >= 11 is 0. The predicted molar refractivity (Wildman–Crippen MR) is 116 cm³/mol. The summed E-state index contributed by atoms with van der Waals surface area (Å²) in [6.45, 7) is 9.42. The molecule has 2 amide bonds. The van der Waals surface area contributed by atoms with E-state index in [9.17, 15) is 9.18 Å². The van der Waals surface area contributed by atoms with E-state index in [0.29, 0.717) is 30.2 Å². The van der Waals surface area contributed by atoms with Gasteiger partial charge in [-0.05, 0) is 38.0 Å². The fourth-order valence-corrected chi connectivity index (χ4v) is 3.00. The second kappa shape index (κ2) is 9.30. The number of anilines is 2. The lowest BCUT2D eigenvalue weighted by Crippen LogP contribution is -2.40. The summed E-state index contributed by atoms with van der Waals surface area (Å²) in [6.07, 6.45) is 4.82. The molecule has 3 rings (SSSR count). The van der Waals surface area contributed by atoms with Gasteiger partial charge in [-0.1, -0.05) is 19.6 Å². The fourth-order valence-electron chi connectivity index (χ4n) is 3.00. The molecule has 156 valence electrons. The van der Waals surface area contributed by atoms with Crippen LogP contribution in [-0.2, 0) is 6.54 Å². The van der Waals surface area contributed by atoms with Crippen molar-refractivity contribution in [2.24, 2.45) is 4.99 Å². The number of urea groups is 1. The highest BCUT2D eigenvalue weighted by Crippen LogP contribution is 2.32. The third-order valence-corrected chi connectivity index (χ3v) is 4.68. The van der Waals surface area contributed by atoms with Crippen LogP contribution in [0.15, 0.2) is 53.7 Å². The maximum Gasteiger partial charge on any atom is 0.327 e. The number of rotatable bonds is 7. The minimum Gasteiger partial charge on any atom is -0.487 e. The number of hydrogen-bond acceptors (Lipinski definition) is 5. The molecule has 0 unspecified atom stereocenters. The molecule has 1 aliphatic rings. The Morgan fingerprint density at radius 3 is 2.93 bits per heavy atom. The van der Waals surface area contributed by atoms with Gasteiger partial charge in [-0.2, -0.15) is 0 Å². The van der Waals surface area contributed by atoms with Gasteiger partial charge in [0.25, 0.3) is 0 Å². The van der Waals surface area contributed by atoms with E-state index in [4.69, 9.17) is 4.74 Å². The number of halogens is 1. The van der Waals surface area contributed by atoms with Gasteiger partial charge in [-0.25, -0.2) is 19.2 Å². The molecule has 1 aromatic heterocycles. The van der Waals surface area contributed by atoms with E-state index in [-0.39, 0.29) is 18.3 Å². The number of carbonyl (C=O) groups excluding carboxylic acids is 1. The van der Waals surface area contributed by atoms with Crippen LogP contribution >= 0.6 is 0 Å². The Morgan fingerprint density at radius 2 is 2.20 bits per heavy atom. The number of benzene rings is 1. The topological polar surface area (TPSA) is 79.7 Å². The van der Waals surface area contributed by atoms with Crippen molar-refractivity contribution in [2.75, 3.05) is 16.8 Å². The standard InChI is InChI=1S/C22H24FN5O2/c1-5-9-24-19(18(23)6-2)12-30-16-8-7-14(3)20(10-16)28-11-17-15(4)25-13-26-21(17)27-22(28)29/h6-10,13H,2,5,11-12H2,1,3-4H3,(H,25,26,27,29)/b19-18+,24-9?. The lowest BCUT2D eigenvalue weighted by Gasteiger charge is -2.30. The molecule has 0 aliphatic carbocycles. The van der Waals surface area contributed by atoms with E-state index in [1.54, 1.807) is 23.2 Å². The molecule has 0 saturated heterocycles. The van der Waals surface area contributed by atoms with Crippen molar-refractivity contribution in [3.8, 4) is 5.75 Å². The highest BCUT2D eigenvalue weighted by molar-refractivity contribution is 6.04. The zero-order valence-corrected chi connectivity index (χ0v) is 17.3. The largest absolute Gasteiger partial charge is 0.487 e. The Kier molecular flexibility index (Phi) is 6.56. The van der Waals surface area contributed by atoms with Crippen LogP contribution in [0.5, 0.6) is 5.75 Å². The molecule has 0 saturated carbocycles. The predicted octanol–water partition coefficient (Wildman–Crippen LogP) is 4.87. The number of ether oxygens (including phenoxy) is 1. The van der Waals surface area contributed by atoms with E-state index in [1.807, 2.05) is 26.8 Å². The SMILES string of the molecule is C=C/C(F)=C(/COc1ccc(C)c(N2Cc3c(C)ncnc3NC2=O)c1)N=CCC. The number of hydrogen-bond donors (Lipinski definition) is 1. The van der Waals surface area contributed by atoms with E-state index < -0.39 is 5.83 Å². The number of aryl methyl sites for hydroxylation is 2. The van der Waals surface area contributed by atoms with Gasteiger partial charge in [0.15, 0.2) is 0 Å². The van der Waals surface area contributed by atoms with Gasteiger partial charge in [0, 0.05) is 23.5 Å². The molecule has 0 fully saturated rings. The Morgan fingerprint density at radius 1 is 1.40 bits per heavy atom. The molecule has 1 N–H and O–H groups in total. The van der Waals surface area contributed by atoms with Crippen molar-refractivity contribution in [2.45, 2.75) is 33.7 Å². The number of nitrogens with one attached hydrogen (secondary N) is 1. The Labute approximate surface area is 175 Å². The zero-order chi connectivity index (χ0) is 21.7. The van der Waals surface area contributed by atoms with Crippen molar-refractivity contribution >= 4 is 23.8 Å². The molecule has 0 spiro atoms. The zero-order valence-electron chi connectivity index (χ0n) is 17.3. The summed E-state index contributed by atoms with van der Waals surface area (Å²) in [5.74, 6) is 0.489. The van der Waals surface area contributed by atoms with Crippen LogP contribution in [-0.4, -0.2) is 28.8 Å². The number of allylic oxidation sites excluding steroid dienone is 2. The minimum atomic E-state index is -0.533. The summed E-state index contributed by atoms with van der Waals surface area (Å²) in [6, 6.07) is 5.10. The first-order valence-corrected chi connectivity index (χ1v) is 9.60. The highest BCUT2D eigenvalue weighted by atomic mass is 19.1. The second-order valence-corrected chi connectivity index (χ2v) is 6.76. The summed E-state index contributed by atoms with van der Waals surface area (Å²) in [5, 5.41) is 2.80. The lowest BCUT2D eigenvalue weighted by molar-refractivity contribution is 0.255. The highest BCUT2D eigenvalue weighted by Gasteiger charge is 2.27. The fraction of sp³-hybridized carbons (Fsp3) is 0.273. The number of carbonyl (C=O) groups is 1. The molecule has 1 aromatic carbocycles. The maximum atomic E-state index is 14.0. The third-order valence-electron chi connectivity index (χ3n) is 4.68. The van der Waals surface area contributed by atoms with Crippen LogP contribution in [0.1, 0.15) is 30.2 Å². The molecule has 0 radical (unpaired) electrons. The Balaban J connectivity index is 1.85. The van der Waals surface area contributed by atoms with Gasteiger partial charge in [-0.15, -0.1) is 0 Å². The van der Waals surface area contributed by atoms with E-state index in [0.717, 1.165) is 22.9 Å². The number of nitrogens with zero attached hydrogens (tertiary/aromatic N) is 4. The van der Waals surface area contributed by atoms with E-state index >= 15 is 0 Å². The first-order chi connectivity index (χ1) is 14.4. The molecule has 30 heavy (non-hydrogen) atoms. The lowest BCUT2D eigenvalue weighted by atomic mass is 10.1. The molecule has 0 bridgehead atoms. The van der Waals surface area contributed by atoms with Crippen molar-refractivity contribution in [1.29, 1.82) is 0 Å². The number of fused-ring (bicyclic) bond motifs is 1. The van der Waals surface area contributed by atoms with Gasteiger partial charge in [0.2, 0.25) is 0 Å². The molecule has 2 heterocycles. The minimum absolute atomic E-state index is 0.0567. The van der Waals surface area contributed by atoms with Crippen LogP contribution in [0.25, 0.3) is 0 Å². The van der Waals surface area contributed by atoms with Crippen molar-refractivity contribution in [3.63, 3.8) is 0 Å². The van der Waals surface area contributed by atoms with Gasteiger partial charge >= 0.3 is 6.03 Å². The normalized spacial score (nSPS) is 14.3. The Bertz CT molecular complexity index is 1030. The first kappa shape index (κ1) is 21.2. The number of amides is 2. The molecule has 7 nitrogen and oxygen atoms in total. The number of aliphatic imine (C=N–C) groups is 1. The van der Waals surface area contributed by atoms with Crippen molar-refractivity contribution < 1.29 is 13.9 Å². The van der Waals surface area contributed by atoms with Crippen LogP contribution < -0.4 is 15.0 Å². The molecular formula is C22H24FN5O2. The molecule has 1 aliphatic heterocycles. The molecule has 8 heteroatoms. The second-order valence-electron chi connectivity index (χ2n) is 6.76. The van der Waals surface area contributed by atoms with Crippen LogP contribution in [0.3, 0.4) is 0 Å². The van der Waals surface area contributed by atoms with Crippen molar-refractivity contribution in [3.05, 3.63) is 65.5 Å². The summed E-state index contributed by atoms with van der Waals surface area (Å²) in [5.41, 5.74) is 3.40. The molecular weight excluding hydrogens is 385 g/mol. The van der Waals surface area contributed by atoms with Gasteiger partial charge in [0.05, 0.1) is 12.2 Å². The van der Waals surface area contributed by atoms with Gasteiger partial charge in [0.1, 0.15) is 36.0 Å². The van der Waals surface area contributed by atoms with Crippen molar-refractivity contribution in [1.82, 2.24) is 9.97 Å². The summed E-state index contributed by atoms with van der Waals surface area (Å²) in [4.78, 5) is 26.7. The van der Waals surface area contributed by atoms with Gasteiger partial charge in [-0.3, -0.25) is 15.2 Å². The average molecular weight is 409 g/mol. The monoisotopic (exact) mass is 409 g/mol. The molecule has 0 atom stereocenters. The van der Waals surface area contributed by atoms with Crippen LogP contribution in [0.4, 0.5) is 20.7 Å². The third kappa shape index (κ3) is 4.53. The Hall–Kier alpha value is -3.55. The van der Waals surface area contributed by atoms with Crippen LogP contribution in [0, 0.1) is 13.8 Å². The van der Waals surface area contributed by atoms with E-state index in [1.165, 1.54) is 6.33 Å². The maximum absolute atomic E-state index is 14.0. The quantitative estimate of drug-likeness (QED) is 0.522.